The molecule has 0 saturated heterocycles. The molecule has 0 radical (unpaired) electrons. The van der Waals surface area contributed by atoms with E-state index in [1.54, 1.807) is 30.3 Å². The molecule has 1 aromatic carbocycles. The van der Waals surface area contributed by atoms with Crippen molar-refractivity contribution in [2.24, 2.45) is 0 Å². The van der Waals surface area contributed by atoms with Crippen LogP contribution in [0.3, 0.4) is 0 Å². The molecule has 7 nitrogen and oxygen atoms in total. The van der Waals surface area contributed by atoms with Crippen molar-refractivity contribution >= 4 is 32.5 Å². The predicted octanol–water partition coefficient (Wildman–Crippen LogP) is 2.42. The summed E-state index contributed by atoms with van der Waals surface area (Å²) in [5.41, 5.74) is 0.851. The van der Waals surface area contributed by atoms with Crippen LogP contribution < -0.4 is 10.6 Å². The number of nitrogens with zero attached hydrogens (tertiary/aromatic N) is 2. The Labute approximate surface area is 151 Å². The molecule has 1 aliphatic rings. The van der Waals surface area contributed by atoms with Gasteiger partial charge in [0.2, 0.25) is 10.0 Å². The molecule has 0 spiro atoms. The number of aromatic nitrogens is 1. The smallest absolute Gasteiger partial charge is 0.321 e. The Kier molecular flexibility index (Phi) is 5.07. The third-order valence-corrected chi connectivity index (χ3v) is 6.57. The highest BCUT2D eigenvalue weighted by atomic mass is 32.2. The number of nitrogens with one attached hydrogen (secondary N) is 2. The van der Waals surface area contributed by atoms with Crippen LogP contribution in [-0.4, -0.2) is 36.3 Å². The SMILES string of the molecule is CC(C)NC(=O)Nc1nc2c(s1)CN(S(=O)(=O)c1ccccc1)CC2. The molecule has 25 heavy (non-hydrogen) atoms. The maximum atomic E-state index is 12.7. The molecule has 2 amide bonds. The maximum absolute atomic E-state index is 12.7. The summed E-state index contributed by atoms with van der Waals surface area (Å²) in [5, 5.41) is 5.93. The third-order valence-electron chi connectivity index (χ3n) is 3.72. The molecule has 0 saturated carbocycles. The molecule has 2 N–H and O–H groups in total. The number of rotatable bonds is 4. The van der Waals surface area contributed by atoms with E-state index in [0.717, 1.165) is 10.6 Å². The molecule has 134 valence electrons. The fraction of sp³-hybridized carbons (Fsp3) is 0.375. The van der Waals surface area contributed by atoms with Gasteiger partial charge in [-0.2, -0.15) is 4.31 Å². The van der Waals surface area contributed by atoms with Gasteiger partial charge in [0.05, 0.1) is 17.1 Å². The maximum Gasteiger partial charge on any atom is 0.321 e. The van der Waals surface area contributed by atoms with E-state index >= 15 is 0 Å². The number of amides is 2. The first-order valence-electron chi connectivity index (χ1n) is 7.97. The fourth-order valence-corrected chi connectivity index (χ4v) is 5.10. The highest BCUT2D eigenvalue weighted by Crippen LogP contribution is 2.31. The molecule has 1 aromatic heterocycles. The number of sulfonamides is 1. The van der Waals surface area contributed by atoms with Crippen molar-refractivity contribution in [3.63, 3.8) is 0 Å². The van der Waals surface area contributed by atoms with Crippen molar-refractivity contribution in [2.45, 2.75) is 37.8 Å². The lowest BCUT2D eigenvalue weighted by molar-refractivity contribution is 0.250. The molecular weight excluding hydrogens is 360 g/mol. The molecule has 0 fully saturated rings. The Morgan fingerprint density at radius 2 is 2.00 bits per heavy atom. The van der Waals surface area contributed by atoms with Gasteiger partial charge in [0.1, 0.15) is 0 Å². The molecular formula is C16H20N4O3S2. The first kappa shape index (κ1) is 17.8. The van der Waals surface area contributed by atoms with E-state index in [9.17, 15) is 13.2 Å². The number of anilines is 1. The van der Waals surface area contributed by atoms with Crippen LogP contribution in [0.4, 0.5) is 9.93 Å². The van der Waals surface area contributed by atoms with E-state index in [-0.39, 0.29) is 23.5 Å². The van der Waals surface area contributed by atoms with Gasteiger partial charge in [0.15, 0.2) is 5.13 Å². The Morgan fingerprint density at radius 1 is 1.28 bits per heavy atom. The number of fused-ring (bicyclic) bond motifs is 1. The second-order valence-electron chi connectivity index (χ2n) is 6.04. The van der Waals surface area contributed by atoms with Crippen LogP contribution in [0.5, 0.6) is 0 Å². The van der Waals surface area contributed by atoms with Crippen LogP contribution in [0.15, 0.2) is 35.2 Å². The lowest BCUT2D eigenvalue weighted by atomic mass is 10.2. The zero-order chi connectivity index (χ0) is 18.0. The van der Waals surface area contributed by atoms with Crippen LogP contribution in [0.25, 0.3) is 0 Å². The molecule has 0 aliphatic carbocycles. The van der Waals surface area contributed by atoms with E-state index in [1.165, 1.54) is 15.6 Å². The van der Waals surface area contributed by atoms with Crippen molar-refractivity contribution in [1.29, 1.82) is 0 Å². The van der Waals surface area contributed by atoms with Gasteiger partial charge in [-0.05, 0) is 26.0 Å². The highest BCUT2D eigenvalue weighted by molar-refractivity contribution is 7.89. The van der Waals surface area contributed by atoms with E-state index < -0.39 is 10.0 Å². The van der Waals surface area contributed by atoms with Gasteiger partial charge in [0, 0.05) is 23.9 Å². The summed E-state index contributed by atoms with van der Waals surface area (Å²) in [7, 11) is -3.52. The average molecular weight is 380 g/mol. The summed E-state index contributed by atoms with van der Waals surface area (Å²) >= 11 is 1.32. The van der Waals surface area contributed by atoms with Crippen molar-refractivity contribution < 1.29 is 13.2 Å². The van der Waals surface area contributed by atoms with Gasteiger partial charge in [-0.25, -0.2) is 18.2 Å². The van der Waals surface area contributed by atoms with Gasteiger partial charge in [-0.3, -0.25) is 5.32 Å². The highest BCUT2D eigenvalue weighted by Gasteiger charge is 2.30. The van der Waals surface area contributed by atoms with E-state index in [4.69, 9.17) is 0 Å². The predicted molar refractivity (Wildman–Crippen MR) is 97.1 cm³/mol. The number of urea groups is 1. The zero-order valence-corrected chi connectivity index (χ0v) is 15.7. The molecule has 2 heterocycles. The zero-order valence-electron chi connectivity index (χ0n) is 14.0. The fourth-order valence-electron chi connectivity index (χ4n) is 2.57. The minimum Gasteiger partial charge on any atom is -0.336 e. The van der Waals surface area contributed by atoms with Gasteiger partial charge in [-0.1, -0.05) is 29.5 Å². The van der Waals surface area contributed by atoms with Crippen LogP contribution in [-0.2, 0) is 23.0 Å². The van der Waals surface area contributed by atoms with E-state index in [2.05, 4.69) is 15.6 Å². The first-order valence-corrected chi connectivity index (χ1v) is 10.2. The summed E-state index contributed by atoms with van der Waals surface area (Å²) in [6.07, 6.45) is 0.533. The minimum absolute atomic E-state index is 0.0288. The van der Waals surface area contributed by atoms with Crippen LogP contribution in [0.2, 0.25) is 0 Å². The number of carbonyl (C=O) groups excluding carboxylic acids is 1. The normalized spacial score (nSPS) is 15.0. The lowest BCUT2D eigenvalue weighted by Crippen LogP contribution is -2.35. The van der Waals surface area contributed by atoms with E-state index in [0.29, 0.717) is 18.1 Å². The van der Waals surface area contributed by atoms with Crippen molar-refractivity contribution in [2.75, 3.05) is 11.9 Å². The molecule has 0 atom stereocenters. The molecule has 1 aliphatic heterocycles. The van der Waals surface area contributed by atoms with Gasteiger partial charge >= 0.3 is 6.03 Å². The number of hydrogen-bond acceptors (Lipinski definition) is 5. The Balaban J connectivity index is 1.75. The van der Waals surface area contributed by atoms with Crippen molar-refractivity contribution in [1.82, 2.24) is 14.6 Å². The van der Waals surface area contributed by atoms with Crippen molar-refractivity contribution in [3.8, 4) is 0 Å². The Hall–Kier alpha value is -1.97. The molecule has 0 bridgehead atoms. The van der Waals surface area contributed by atoms with Gasteiger partial charge in [0.25, 0.3) is 0 Å². The average Bonchev–Trinajstić information content (AvgIpc) is 2.95. The third kappa shape index (κ3) is 4.00. The monoisotopic (exact) mass is 380 g/mol. The number of thiazole rings is 1. The second-order valence-corrected chi connectivity index (χ2v) is 9.07. The summed E-state index contributed by atoms with van der Waals surface area (Å²) in [6, 6.07) is 8.13. The lowest BCUT2D eigenvalue weighted by Gasteiger charge is -2.25. The summed E-state index contributed by atoms with van der Waals surface area (Å²) in [5.74, 6) is 0. The van der Waals surface area contributed by atoms with Crippen molar-refractivity contribution in [3.05, 3.63) is 40.9 Å². The largest absolute Gasteiger partial charge is 0.336 e. The second kappa shape index (κ2) is 7.11. The van der Waals surface area contributed by atoms with Crippen LogP contribution in [0.1, 0.15) is 24.4 Å². The van der Waals surface area contributed by atoms with Gasteiger partial charge in [-0.15, -0.1) is 0 Å². The molecule has 3 rings (SSSR count). The molecule has 2 aromatic rings. The summed E-state index contributed by atoms with van der Waals surface area (Å²) in [6.45, 7) is 4.40. The quantitative estimate of drug-likeness (QED) is 0.852. The first-order chi connectivity index (χ1) is 11.9. The number of hydrogen-bond donors (Lipinski definition) is 2. The number of carbonyl (C=O) groups is 1. The Bertz CT molecular complexity index is 863. The van der Waals surface area contributed by atoms with Gasteiger partial charge < -0.3 is 5.32 Å². The Morgan fingerprint density at radius 3 is 2.68 bits per heavy atom. The number of benzene rings is 1. The van der Waals surface area contributed by atoms with E-state index in [1.807, 2.05) is 13.8 Å². The minimum atomic E-state index is -3.52. The standard InChI is InChI=1S/C16H20N4O3S2/c1-11(2)17-15(21)19-16-18-13-8-9-20(10-14(13)24-16)25(22,23)12-6-4-3-5-7-12/h3-7,11H,8-10H2,1-2H3,(H2,17,18,19,21). The van der Waals surface area contributed by atoms with Crippen LogP contribution >= 0.6 is 11.3 Å². The topological polar surface area (TPSA) is 91.4 Å². The summed E-state index contributed by atoms with van der Waals surface area (Å²) < 4.78 is 26.9. The summed E-state index contributed by atoms with van der Waals surface area (Å²) in [4.78, 5) is 17.4. The molecule has 0 unspecified atom stereocenters. The molecule has 9 heteroatoms. The van der Waals surface area contributed by atoms with Crippen LogP contribution in [0, 0.1) is 0 Å².